The van der Waals surface area contributed by atoms with Gasteiger partial charge in [0.15, 0.2) is 12.4 Å². The Balaban J connectivity index is 2.36. The fourth-order valence-corrected chi connectivity index (χ4v) is 3.04. The second kappa shape index (κ2) is 5.87. The minimum Gasteiger partial charge on any atom is -0.158 e. The summed E-state index contributed by atoms with van der Waals surface area (Å²) in [7, 11) is -3.61. The summed E-state index contributed by atoms with van der Waals surface area (Å²) < 4.78 is 26.1. The summed E-state index contributed by atoms with van der Waals surface area (Å²) >= 11 is 0. The monoisotopic (exact) mass is 286 g/mol. The molecule has 0 aliphatic rings. The van der Waals surface area contributed by atoms with Crippen molar-refractivity contribution < 1.29 is 12.4 Å². The molecule has 0 aliphatic heterocycles. The summed E-state index contributed by atoms with van der Waals surface area (Å²) in [5, 5.41) is 0. The lowest BCUT2D eigenvalue weighted by Gasteiger charge is -2.02. The Labute approximate surface area is 119 Å². The first-order valence-electron chi connectivity index (χ1n) is 6.20. The molecular weight excluding hydrogens is 270 g/mol. The van der Waals surface area contributed by atoms with Crippen LogP contribution in [-0.2, 0) is 16.6 Å². The van der Waals surface area contributed by atoms with E-state index in [1.54, 1.807) is 24.3 Å². The van der Waals surface area contributed by atoms with Crippen LogP contribution in [-0.4, -0.2) is 18.3 Å². The Kier molecular flexibility index (Phi) is 4.18. The second-order valence-corrected chi connectivity index (χ2v) is 6.33. The smallest absolute Gasteiger partial charge is 0.158 e. The van der Waals surface area contributed by atoms with Gasteiger partial charge in [-0.25, -0.2) is 0 Å². The van der Waals surface area contributed by atoms with Gasteiger partial charge in [-0.3, -0.25) is 0 Å². The number of aryl methyl sites for hydroxylation is 1. The van der Waals surface area contributed by atoms with E-state index in [4.69, 9.17) is 0 Å². The Morgan fingerprint density at radius 2 is 1.65 bits per heavy atom. The molecule has 20 heavy (non-hydrogen) atoms. The first-order valence-corrected chi connectivity index (χ1v) is 7.64. The van der Waals surface area contributed by atoms with Crippen LogP contribution in [0.3, 0.4) is 0 Å². The molecule has 0 atom stereocenters. The molecule has 0 saturated carbocycles. The van der Waals surface area contributed by atoms with Crippen molar-refractivity contribution in [1.29, 1.82) is 0 Å². The summed E-state index contributed by atoms with van der Waals surface area (Å²) in [5.41, 5.74) is 1.90. The molecule has 0 N–H and O–H groups in total. The largest absolute Gasteiger partial charge is 0.403 e. The quantitative estimate of drug-likeness (QED) is 0.640. The van der Waals surface area contributed by atoms with E-state index in [-0.39, 0.29) is 11.4 Å². The van der Waals surface area contributed by atoms with Crippen molar-refractivity contribution in [2.75, 3.05) is 0 Å². The van der Waals surface area contributed by atoms with Crippen LogP contribution in [0.1, 0.15) is 11.1 Å². The fourth-order valence-electron chi connectivity index (χ4n) is 1.81. The van der Waals surface area contributed by atoms with E-state index in [9.17, 15) is 8.42 Å². The van der Waals surface area contributed by atoms with Crippen molar-refractivity contribution in [3.8, 4) is 0 Å². The van der Waals surface area contributed by atoms with Crippen molar-refractivity contribution in [3.63, 3.8) is 0 Å². The molecular formula is C16H16NO2S+. The lowest BCUT2D eigenvalue weighted by atomic mass is 10.2. The van der Waals surface area contributed by atoms with Gasteiger partial charge in [0, 0.05) is 12.1 Å². The van der Waals surface area contributed by atoms with Crippen LogP contribution in [0.25, 0.3) is 0 Å². The normalized spacial score (nSPS) is 10.8. The number of nitrogens with zero attached hydrogens (tertiary/aromatic N) is 1. The Morgan fingerprint density at radius 3 is 2.20 bits per heavy atom. The summed E-state index contributed by atoms with van der Waals surface area (Å²) in [4.78, 5) is 0.246. The van der Waals surface area contributed by atoms with Gasteiger partial charge in [0.1, 0.15) is 4.90 Å². The molecule has 2 rings (SSSR count). The van der Waals surface area contributed by atoms with Crippen molar-refractivity contribution in [2.45, 2.75) is 18.4 Å². The van der Waals surface area contributed by atoms with Crippen molar-refractivity contribution >= 4 is 15.9 Å². The highest BCUT2D eigenvalue weighted by Gasteiger charge is 2.27. The molecule has 102 valence electrons. The highest BCUT2D eigenvalue weighted by atomic mass is 32.2. The van der Waals surface area contributed by atoms with Gasteiger partial charge in [-0.2, -0.15) is 8.42 Å². The zero-order chi connectivity index (χ0) is 14.6. The third-order valence-corrected chi connectivity index (χ3v) is 4.66. The molecule has 0 heterocycles. The predicted octanol–water partition coefficient (Wildman–Crippen LogP) is 2.75. The van der Waals surface area contributed by atoms with Gasteiger partial charge in [-0.05, 0) is 19.1 Å². The average molecular weight is 286 g/mol. The van der Waals surface area contributed by atoms with Crippen molar-refractivity contribution in [3.05, 3.63) is 72.3 Å². The molecule has 0 amide bonds. The lowest BCUT2D eigenvalue weighted by Crippen LogP contribution is -2.20. The molecule has 0 bridgehead atoms. The number of hydrogen-bond acceptors (Lipinski definition) is 2. The average Bonchev–Trinajstić information content (AvgIpc) is 2.46. The third kappa shape index (κ3) is 3.05. The highest BCUT2D eigenvalue weighted by molar-refractivity contribution is 7.85. The van der Waals surface area contributed by atoms with Crippen LogP contribution in [0, 0.1) is 6.92 Å². The predicted molar refractivity (Wildman–Crippen MR) is 79.4 cm³/mol. The van der Waals surface area contributed by atoms with Crippen molar-refractivity contribution in [1.82, 2.24) is 0 Å². The molecule has 3 nitrogen and oxygen atoms in total. The van der Waals surface area contributed by atoms with E-state index in [0.29, 0.717) is 0 Å². The van der Waals surface area contributed by atoms with Crippen molar-refractivity contribution in [2.24, 2.45) is 0 Å². The Morgan fingerprint density at radius 1 is 1.05 bits per heavy atom. The standard InChI is InChI=1S/C16H16NO2S/c1-3-17(13-15-7-5-4-6-8-15)20(18,19)16-11-9-14(2)10-12-16/h4-12H,1,13H2,2H3/q+1. The van der Waals surface area contributed by atoms with E-state index in [1.165, 1.54) is 0 Å². The maximum Gasteiger partial charge on any atom is 0.403 e. The minimum absolute atomic E-state index is 0.223. The molecule has 0 unspecified atom stereocenters. The topological polar surface area (TPSA) is 37.1 Å². The summed E-state index contributed by atoms with van der Waals surface area (Å²) in [6, 6.07) is 16.1. The first kappa shape index (κ1) is 14.3. The van der Waals surface area contributed by atoms with E-state index in [2.05, 4.69) is 12.4 Å². The molecule has 2 aromatic rings. The zero-order valence-electron chi connectivity index (χ0n) is 11.3. The molecule has 2 aromatic carbocycles. The molecule has 0 spiro atoms. The Bertz CT molecular complexity index is 741. The fraction of sp³-hybridized carbons (Fsp3) is 0.125. The lowest BCUT2D eigenvalue weighted by molar-refractivity contribution is -0.376. The van der Waals surface area contributed by atoms with Crippen LogP contribution in [0.5, 0.6) is 0 Å². The molecule has 0 saturated heterocycles. The zero-order valence-corrected chi connectivity index (χ0v) is 12.1. The van der Waals surface area contributed by atoms with E-state index in [1.807, 2.05) is 37.3 Å². The highest BCUT2D eigenvalue weighted by Crippen LogP contribution is 2.14. The second-order valence-electron chi connectivity index (χ2n) is 4.47. The van der Waals surface area contributed by atoms with Gasteiger partial charge in [-0.15, -0.1) is 0 Å². The van der Waals surface area contributed by atoms with E-state index >= 15 is 0 Å². The summed E-state index contributed by atoms with van der Waals surface area (Å²) in [6.07, 6.45) is 0. The van der Waals surface area contributed by atoms with Crippen LogP contribution in [0.2, 0.25) is 0 Å². The maximum atomic E-state index is 12.5. The number of benzene rings is 2. The van der Waals surface area contributed by atoms with Gasteiger partial charge in [0.25, 0.3) is 0 Å². The molecule has 0 aliphatic carbocycles. The molecule has 0 radical (unpaired) electrons. The molecule has 0 fully saturated rings. The maximum absolute atomic E-state index is 12.5. The Hall–Kier alpha value is -2.16. The van der Waals surface area contributed by atoms with Crippen LogP contribution >= 0.6 is 0 Å². The van der Waals surface area contributed by atoms with Gasteiger partial charge >= 0.3 is 10.0 Å². The van der Waals surface area contributed by atoms with E-state index in [0.717, 1.165) is 15.1 Å². The SMILES string of the molecule is C=C=[N+](Cc1ccccc1)S(=O)(=O)c1ccc(C)cc1. The minimum atomic E-state index is -3.61. The van der Waals surface area contributed by atoms with Gasteiger partial charge < -0.3 is 0 Å². The first-order chi connectivity index (χ1) is 9.54. The van der Waals surface area contributed by atoms with Crippen LogP contribution < -0.4 is 0 Å². The molecule has 4 heteroatoms. The van der Waals surface area contributed by atoms with Crippen LogP contribution in [0.4, 0.5) is 0 Å². The summed E-state index contributed by atoms with van der Waals surface area (Å²) in [6.45, 7) is 5.63. The van der Waals surface area contributed by atoms with Crippen LogP contribution in [0.15, 0.2) is 66.1 Å². The third-order valence-electron chi connectivity index (χ3n) is 2.95. The van der Waals surface area contributed by atoms with Gasteiger partial charge in [0.05, 0.1) is 0 Å². The number of rotatable bonds is 4. The molecule has 0 aromatic heterocycles. The van der Waals surface area contributed by atoms with E-state index < -0.39 is 10.0 Å². The summed E-state index contributed by atoms with van der Waals surface area (Å²) in [5.74, 6) is 2.50. The number of hydrogen-bond donors (Lipinski definition) is 0. The van der Waals surface area contributed by atoms with Gasteiger partial charge in [0.2, 0.25) is 0 Å². The number of sulfonamides is 1. The van der Waals surface area contributed by atoms with Gasteiger partial charge in [-0.1, -0.05) is 52.0 Å².